The third-order valence-electron chi connectivity index (χ3n) is 13.7. The topological polar surface area (TPSA) is 220 Å². The van der Waals surface area contributed by atoms with Gasteiger partial charge in [-0.25, -0.2) is 28.9 Å². The van der Waals surface area contributed by atoms with Gasteiger partial charge in [-0.1, -0.05) is 64.4 Å². The summed E-state index contributed by atoms with van der Waals surface area (Å²) in [4.78, 5) is 61.7. The highest BCUT2D eigenvalue weighted by molar-refractivity contribution is 7.99. The highest BCUT2D eigenvalue weighted by Crippen LogP contribution is 2.39. The number of aryl methyl sites for hydroxylation is 1. The lowest BCUT2D eigenvalue weighted by Crippen LogP contribution is -2.21. The van der Waals surface area contributed by atoms with Gasteiger partial charge in [-0.05, 0) is 123 Å². The van der Waals surface area contributed by atoms with Crippen LogP contribution < -0.4 is 41.4 Å². The number of nitrogens with zero attached hydrogens (tertiary/aromatic N) is 6. The number of carbonyl (C=O) groups excluding carboxylic acids is 4. The highest BCUT2D eigenvalue weighted by Gasteiger charge is 2.28. The van der Waals surface area contributed by atoms with Gasteiger partial charge in [0.1, 0.15) is 46.3 Å². The molecule has 4 aromatic carbocycles. The molecule has 21 heteroatoms. The number of carbonyl (C=O) groups is 4. The quantitative estimate of drug-likeness (QED) is 0.0498. The Morgan fingerprint density at radius 2 is 1.12 bits per heavy atom. The van der Waals surface area contributed by atoms with Gasteiger partial charge >= 0.3 is 12.1 Å². The average molecular weight is 1130 g/mol. The van der Waals surface area contributed by atoms with Gasteiger partial charge in [0.25, 0.3) is 0 Å². The van der Waals surface area contributed by atoms with Crippen molar-refractivity contribution in [3.63, 3.8) is 0 Å². The Morgan fingerprint density at radius 3 is 1.64 bits per heavy atom. The van der Waals surface area contributed by atoms with Crippen LogP contribution in [0, 0.1) is 0 Å². The first kappa shape index (κ1) is 55.0. The number of pyridine rings is 2. The number of aromatic nitrogens is 6. The summed E-state index contributed by atoms with van der Waals surface area (Å²) in [7, 11) is 0. The third-order valence-corrected chi connectivity index (χ3v) is 15.5. The molecule has 6 heterocycles. The van der Waals surface area contributed by atoms with E-state index in [0.29, 0.717) is 107 Å². The molecule has 410 valence electrons. The molecule has 80 heavy (non-hydrogen) atoms. The van der Waals surface area contributed by atoms with Gasteiger partial charge in [-0.3, -0.25) is 20.2 Å². The van der Waals surface area contributed by atoms with Crippen LogP contribution in [0.15, 0.2) is 131 Å². The first-order valence-electron chi connectivity index (χ1n) is 25.9. The summed E-state index contributed by atoms with van der Waals surface area (Å²) in [6, 6.07) is 32.8. The van der Waals surface area contributed by atoms with E-state index in [-0.39, 0.29) is 17.2 Å². The fraction of sp³-hybridized carbons (Fsp3) is 0.254. The van der Waals surface area contributed by atoms with E-state index >= 15 is 0 Å². The summed E-state index contributed by atoms with van der Waals surface area (Å²) < 4.78 is 16.0. The fourth-order valence-electron chi connectivity index (χ4n) is 9.20. The van der Waals surface area contributed by atoms with E-state index < -0.39 is 17.5 Å². The van der Waals surface area contributed by atoms with Crippen molar-refractivity contribution in [2.24, 2.45) is 0 Å². The van der Waals surface area contributed by atoms with Crippen LogP contribution in [-0.4, -0.2) is 65.9 Å². The zero-order chi connectivity index (χ0) is 56.3. The summed E-state index contributed by atoms with van der Waals surface area (Å²) in [5.74, 6) is 4.19. The Kier molecular flexibility index (Phi) is 15.9. The summed E-state index contributed by atoms with van der Waals surface area (Å²) in [6.45, 7) is 10.5. The molecular weight excluding hydrogens is 1070 g/mol. The molecule has 6 N–H and O–H groups in total. The van der Waals surface area contributed by atoms with Crippen LogP contribution >= 0.6 is 35.1 Å². The SMILES string of the molecule is CSc1cc(Oc2ccnc3c2CCC(=O)N3)ccc1NC(=O)Nc1cc(C(C)(C)C)nn1-c1ccc(CCC(C)(C)c2cc(NC(=O)Nc3ccc(Oc4ccnc5c4CCC(=O)N5)cc3SC)n(-c3cccc(Cl)c3)n2)cc1. The Bertz CT molecular complexity index is 3690. The number of anilines is 6. The first-order chi connectivity index (χ1) is 38.4. The van der Waals surface area contributed by atoms with Crippen LogP contribution in [0.3, 0.4) is 0 Å². The molecule has 10 rings (SSSR count). The summed E-state index contributed by atoms with van der Waals surface area (Å²) in [5.41, 5.74) is 6.21. The number of amides is 6. The van der Waals surface area contributed by atoms with Crippen molar-refractivity contribution in [2.75, 3.05) is 44.4 Å². The summed E-state index contributed by atoms with van der Waals surface area (Å²) in [6.07, 6.45) is 10.2. The Morgan fingerprint density at radius 1 is 0.613 bits per heavy atom. The normalized spacial score (nSPS) is 13.1. The minimum atomic E-state index is -0.465. The molecule has 0 atom stereocenters. The van der Waals surface area contributed by atoms with Crippen molar-refractivity contribution in [1.29, 1.82) is 0 Å². The standard InChI is InChI=1S/C59H59ClN12O6S2/c1-58(2,3)48-32-50(65-56(75)63-42-19-15-38(30-46(42)79-6)77-44-24-27-61-54-40(44)17-21-52(73)67-54)71(69-48)36-13-11-34(12-14-36)23-26-59(4,5)49-33-51(72(70-49)37-10-8-9-35(60)29-37)66-57(76)64-43-20-16-39(31-47(43)80-7)78-45-25-28-62-55-41(45)18-22-53(74)68-55/h8-16,19-20,24-25,27-33H,17-18,21-23,26H2,1-7H3,(H,61,67,73)(H,62,68,74)(H2,63,65,75)(H2,64,66,76). The van der Waals surface area contributed by atoms with Crippen LogP contribution in [0.4, 0.5) is 44.2 Å². The molecule has 4 aromatic heterocycles. The highest BCUT2D eigenvalue weighted by atomic mass is 35.5. The van der Waals surface area contributed by atoms with Gasteiger partial charge in [-0.15, -0.1) is 23.5 Å². The van der Waals surface area contributed by atoms with Gasteiger partial charge in [0, 0.05) is 74.1 Å². The molecule has 0 saturated carbocycles. The van der Waals surface area contributed by atoms with Gasteiger partial charge in [-0.2, -0.15) is 10.2 Å². The van der Waals surface area contributed by atoms with E-state index in [9.17, 15) is 19.2 Å². The lowest BCUT2D eigenvalue weighted by Gasteiger charge is -2.22. The molecule has 2 aliphatic heterocycles. The maximum atomic E-state index is 13.9. The molecule has 0 spiro atoms. The summed E-state index contributed by atoms with van der Waals surface area (Å²) >= 11 is 9.41. The number of fused-ring (bicyclic) bond motifs is 2. The van der Waals surface area contributed by atoms with Crippen molar-refractivity contribution in [3.05, 3.63) is 155 Å². The lowest BCUT2D eigenvalue weighted by molar-refractivity contribution is -0.117. The monoisotopic (exact) mass is 1130 g/mol. The molecule has 8 aromatic rings. The molecule has 18 nitrogen and oxygen atoms in total. The van der Waals surface area contributed by atoms with E-state index in [2.05, 4.69) is 88.6 Å². The number of halogens is 1. The molecule has 2 aliphatic rings. The zero-order valence-electron chi connectivity index (χ0n) is 45.1. The number of hydrogen-bond acceptors (Lipinski definition) is 12. The molecule has 0 saturated heterocycles. The summed E-state index contributed by atoms with van der Waals surface area (Å²) in [5, 5.41) is 28.3. The van der Waals surface area contributed by atoms with Crippen LogP contribution in [0.5, 0.6) is 23.0 Å². The molecule has 0 radical (unpaired) electrons. The van der Waals surface area contributed by atoms with Gasteiger partial charge in [0.15, 0.2) is 0 Å². The third kappa shape index (κ3) is 12.6. The van der Waals surface area contributed by atoms with Gasteiger partial charge in [0.05, 0.1) is 34.1 Å². The number of thioether (sulfide) groups is 2. The smallest absolute Gasteiger partial charge is 0.324 e. The zero-order valence-corrected chi connectivity index (χ0v) is 47.5. The minimum absolute atomic E-state index is 0.0736. The van der Waals surface area contributed by atoms with Crippen molar-refractivity contribution in [3.8, 4) is 34.4 Å². The first-order valence-corrected chi connectivity index (χ1v) is 28.7. The number of benzene rings is 4. The Hall–Kier alpha value is -8.33. The van der Waals surface area contributed by atoms with E-state index in [1.165, 1.54) is 23.5 Å². The molecule has 6 amide bonds. The second kappa shape index (κ2) is 23.2. The molecular formula is C59H59ClN12O6S2. The predicted molar refractivity (Wildman–Crippen MR) is 316 cm³/mol. The number of ether oxygens (including phenoxy) is 2. The lowest BCUT2D eigenvalue weighted by atomic mass is 9.83. The van der Waals surface area contributed by atoms with Crippen molar-refractivity contribution in [1.82, 2.24) is 29.5 Å². The van der Waals surface area contributed by atoms with E-state index in [1.54, 1.807) is 70.3 Å². The average Bonchev–Trinajstić information content (AvgIpc) is 4.09. The molecule has 0 bridgehead atoms. The number of nitrogens with one attached hydrogen (secondary N) is 6. The largest absolute Gasteiger partial charge is 0.457 e. The molecule has 0 aliphatic carbocycles. The number of urea groups is 2. The second-order valence-electron chi connectivity index (χ2n) is 20.9. The van der Waals surface area contributed by atoms with Gasteiger partial charge < -0.3 is 30.7 Å². The Balaban J connectivity index is 0.808. The van der Waals surface area contributed by atoms with Crippen molar-refractivity contribution in [2.45, 2.75) is 93.8 Å². The Labute approximate surface area is 476 Å². The fourth-order valence-corrected chi connectivity index (χ4v) is 10.5. The maximum absolute atomic E-state index is 13.9. The second-order valence-corrected chi connectivity index (χ2v) is 23.0. The molecule has 0 unspecified atom stereocenters. The number of rotatable bonds is 16. The van der Waals surface area contributed by atoms with Crippen LogP contribution in [0.2, 0.25) is 5.02 Å². The van der Waals surface area contributed by atoms with Gasteiger partial charge in [0.2, 0.25) is 11.8 Å². The van der Waals surface area contributed by atoms with E-state index in [4.69, 9.17) is 31.3 Å². The number of hydrogen-bond donors (Lipinski definition) is 6. The van der Waals surface area contributed by atoms with Crippen molar-refractivity contribution < 1.29 is 28.7 Å². The minimum Gasteiger partial charge on any atom is -0.457 e. The van der Waals surface area contributed by atoms with Crippen molar-refractivity contribution >= 4 is 93.6 Å². The predicted octanol–water partition coefficient (Wildman–Crippen LogP) is 13.8. The maximum Gasteiger partial charge on any atom is 0.324 e. The van der Waals surface area contributed by atoms with Crippen LogP contribution in [0.1, 0.15) is 82.0 Å². The molecule has 0 fully saturated rings. The van der Waals surface area contributed by atoms with E-state index in [0.717, 1.165) is 43.6 Å². The van der Waals surface area contributed by atoms with Crippen LogP contribution in [0.25, 0.3) is 11.4 Å². The van der Waals surface area contributed by atoms with Crippen LogP contribution in [-0.2, 0) is 39.7 Å². The van der Waals surface area contributed by atoms with E-state index in [1.807, 2.05) is 61.0 Å².